The summed E-state index contributed by atoms with van der Waals surface area (Å²) in [5.41, 5.74) is 0. The molecule has 1 unspecified atom stereocenters. The van der Waals surface area contributed by atoms with E-state index in [0.29, 0.717) is 19.3 Å². The van der Waals surface area contributed by atoms with Gasteiger partial charge in [0.2, 0.25) is 0 Å². The molecule has 0 aliphatic heterocycles. The molecule has 0 aliphatic carbocycles. The van der Waals surface area contributed by atoms with E-state index < -0.39 is 6.10 Å². The Bertz CT molecular complexity index is 1260. The van der Waals surface area contributed by atoms with Crippen molar-refractivity contribution >= 4 is 17.9 Å². The average molecular weight is 1140 g/mol. The van der Waals surface area contributed by atoms with Crippen LogP contribution in [0, 0.1) is 0 Å². The number of esters is 3. The first-order chi connectivity index (χ1) is 40.0. The molecule has 1 atom stereocenters. The molecule has 0 aromatic rings. The largest absolute Gasteiger partial charge is 0.462 e. The number of unbranched alkanes of at least 4 members (excludes halogenated alkanes) is 57. The molecule has 81 heavy (non-hydrogen) atoms. The first-order valence-corrected chi connectivity index (χ1v) is 37.2. The third-order valence-electron chi connectivity index (χ3n) is 17.3. The minimum atomic E-state index is -0.770. The summed E-state index contributed by atoms with van der Waals surface area (Å²) < 4.78 is 17.0. The predicted molar refractivity (Wildman–Crippen MR) is 353 cm³/mol. The molecule has 0 radical (unpaired) electrons. The van der Waals surface area contributed by atoms with E-state index in [-0.39, 0.29) is 31.1 Å². The Hall–Kier alpha value is -1.85. The molecule has 0 rings (SSSR count). The van der Waals surface area contributed by atoms with Crippen LogP contribution >= 0.6 is 0 Å². The van der Waals surface area contributed by atoms with Crippen LogP contribution in [0.15, 0.2) is 12.2 Å². The quantitative estimate of drug-likeness (QED) is 0.0261. The molecule has 0 aromatic heterocycles. The number of hydrogen-bond donors (Lipinski definition) is 0. The molecule has 0 N–H and O–H groups in total. The van der Waals surface area contributed by atoms with E-state index >= 15 is 0 Å². The minimum Gasteiger partial charge on any atom is -0.462 e. The lowest BCUT2D eigenvalue weighted by Gasteiger charge is -2.18. The van der Waals surface area contributed by atoms with Gasteiger partial charge in [-0.15, -0.1) is 0 Å². The van der Waals surface area contributed by atoms with Crippen LogP contribution < -0.4 is 0 Å². The number of carbonyl (C=O) groups excluding carboxylic acids is 3. The molecule has 0 amide bonds. The third-order valence-corrected chi connectivity index (χ3v) is 17.3. The Balaban J connectivity index is 4.12. The molecule has 0 heterocycles. The number of carbonyl (C=O) groups is 3. The van der Waals surface area contributed by atoms with Crippen LogP contribution in [-0.4, -0.2) is 37.2 Å². The summed E-state index contributed by atoms with van der Waals surface area (Å²) >= 11 is 0. The van der Waals surface area contributed by atoms with Crippen molar-refractivity contribution in [2.75, 3.05) is 13.2 Å². The van der Waals surface area contributed by atoms with Gasteiger partial charge in [-0.1, -0.05) is 380 Å². The molecule has 0 saturated heterocycles. The SMILES string of the molecule is CCCCCCC/C=C\CCCCCCCC(=O)OCC(COC(=O)CCCCCCCCCCCCCCCCCCCCCCCCCCCCCCCCC)OC(=O)CCCCCCCCCCCCCCCCCCCC. The maximum Gasteiger partial charge on any atom is 0.306 e. The zero-order valence-electron chi connectivity index (χ0n) is 55.4. The first-order valence-electron chi connectivity index (χ1n) is 37.2. The molecule has 6 heteroatoms. The molecule has 0 bridgehead atoms. The summed E-state index contributed by atoms with van der Waals surface area (Å²) in [4.78, 5) is 38.4. The van der Waals surface area contributed by atoms with Gasteiger partial charge in [0.1, 0.15) is 13.2 Å². The first kappa shape index (κ1) is 79.2. The fourth-order valence-electron chi connectivity index (χ4n) is 11.7. The van der Waals surface area contributed by atoms with Crippen molar-refractivity contribution in [2.24, 2.45) is 0 Å². The van der Waals surface area contributed by atoms with Gasteiger partial charge >= 0.3 is 17.9 Å². The van der Waals surface area contributed by atoms with E-state index in [0.717, 1.165) is 64.2 Å². The molecule has 6 nitrogen and oxygen atoms in total. The van der Waals surface area contributed by atoms with Crippen molar-refractivity contribution in [2.45, 2.75) is 438 Å². The maximum atomic E-state index is 12.9. The minimum absolute atomic E-state index is 0.0656. The Morgan fingerprint density at radius 2 is 0.407 bits per heavy atom. The van der Waals surface area contributed by atoms with Crippen LogP contribution in [0.2, 0.25) is 0 Å². The van der Waals surface area contributed by atoms with Gasteiger partial charge in [0.25, 0.3) is 0 Å². The number of hydrogen-bond acceptors (Lipinski definition) is 6. The van der Waals surface area contributed by atoms with Gasteiger partial charge in [-0.25, -0.2) is 0 Å². The highest BCUT2D eigenvalue weighted by Gasteiger charge is 2.20. The van der Waals surface area contributed by atoms with Crippen molar-refractivity contribution < 1.29 is 28.6 Å². The standard InChI is InChI=1S/C75H144O6/c1-4-7-10-13-16-19-22-25-28-30-32-33-34-35-36-37-38-39-40-41-42-43-44-46-47-50-53-56-59-62-65-68-74(77)80-71-72(70-79-73(76)67-64-61-58-55-52-49-27-24-21-18-15-12-9-6-3)81-75(78)69-66-63-60-57-54-51-48-45-31-29-26-23-20-17-14-11-8-5-2/h24,27,72H,4-23,25-26,28-71H2,1-3H3/b27-24-. The molecular weight excluding hydrogens is 997 g/mol. The molecule has 0 fully saturated rings. The van der Waals surface area contributed by atoms with Crippen molar-refractivity contribution in [1.82, 2.24) is 0 Å². The van der Waals surface area contributed by atoms with Gasteiger partial charge < -0.3 is 14.2 Å². The average Bonchev–Trinajstić information content (AvgIpc) is 3.47. The normalized spacial score (nSPS) is 12.0. The lowest BCUT2D eigenvalue weighted by atomic mass is 10.0. The van der Waals surface area contributed by atoms with Crippen LogP contribution in [0.3, 0.4) is 0 Å². The second-order valence-corrected chi connectivity index (χ2v) is 25.6. The Labute approximate surface area is 507 Å². The van der Waals surface area contributed by atoms with Gasteiger partial charge in [0, 0.05) is 19.3 Å². The fraction of sp³-hybridized carbons (Fsp3) is 0.933. The number of ether oxygens (including phenoxy) is 3. The lowest BCUT2D eigenvalue weighted by Crippen LogP contribution is -2.30. The Morgan fingerprint density at radius 3 is 0.617 bits per heavy atom. The second kappa shape index (κ2) is 70.6. The van der Waals surface area contributed by atoms with Gasteiger partial charge in [0.15, 0.2) is 6.10 Å². The van der Waals surface area contributed by atoms with E-state index in [4.69, 9.17) is 14.2 Å². The smallest absolute Gasteiger partial charge is 0.306 e. The molecule has 480 valence electrons. The van der Waals surface area contributed by atoms with Gasteiger partial charge in [0.05, 0.1) is 0 Å². The van der Waals surface area contributed by atoms with E-state index in [1.807, 2.05) is 0 Å². The van der Waals surface area contributed by atoms with E-state index in [1.54, 1.807) is 0 Å². The van der Waals surface area contributed by atoms with Crippen LogP contribution in [0.4, 0.5) is 0 Å². The van der Waals surface area contributed by atoms with Gasteiger partial charge in [-0.3, -0.25) is 14.4 Å². The number of rotatable bonds is 70. The summed E-state index contributed by atoms with van der Waals surface area (Å²) in [6.45, 7) is 6.72. The summed E-state index contributed by atoms with van der Waals surface area (Å²) in [5, 5.41) is 0. The Morgan fingerprint density at radius 1 is 0.235 bits per heavy atom. The van der Waals surface area contributed by atoms with E-state index in [2.05, 4.69) is 32.9 Å². The lowest BCUT2D eigenvalue weighted by molar-refractivity contribution is -0.167. The van der Waals surface area contributed by atoms with Crippen LogP contribution in [0.25, 0.3) is 0 Å². The third kappa shape index (κ3) is 68.8. The molecule has 0 aliphatic rings. The van der Waals surface area contributed by atoms with E-state index in [9.17, 15) is 14.4 Å². The monoisotopic (exact) mass is 1140 g/mol. The molecule has 0 spiro atoms. The molecular formula is C75H144O6. The summed E-state index contributed by atoms with van der Waals surface area (Å²) in [7, 11) is 0. The van der Waals surface area contributed by atoms with Crippen molar-refractivity contribution in [3.63, 3.8) is 0 Å². The fourth-order valence-corrected chi connectivity index (χ4v) is 11.7. The maximum absolute atomic E-state index is 12.9. The molecule has 0 aromatic carbocycles. The zero-order chi connectivity index (χ0) is 58.5. The summed E-state index contributed by atoms with van der Waals surface area (Å²) in [6, 6.07) is 0. The van der Waals surface area contributed by atoms with E-state index in [1.165, 1.54) is 327 Å². The van der Waals surface area contributed by atoms with Crippen molar-refractivity contribution in [3.8, 4) is 0 Å². The Kier molecular flexibility index (Phi) is 69.0. The van der Waals surface area contributed by atoms with Crippen LogP contribution in [0.5, 0.6) is 0 Å². The predicted octanol–water partition coefficient (Wildman–Crippen LogP) is 25.6. The van der Waals surface area contributed by atoms with Crippen molar-refractivity contribution in [1.29, 1.82) is 0 Å². The highest BCUT2D eigenvalue weighted by Crippen LogP contribution is 2.20. The highest BCUT2D eigenvalue weighted by molar-refractivity contribution is 5.71. The van der Waals surface area contributed by atoms with Crippen molar-refractivity contribution in [3.05, 3.63) is 12.2 Å². The highest BCUT2D eigenvalue weighted by atomic mass is 16.6. The van der Waals surface area contributed by atoms with Gasteiger partial charge in [-0.2, -0.15) is 0 Å². The zero-order valence-corrected chi connectivity index (χ0v) is 55.4. The molecule has 0 saturated carbocycles. The second-order valence-electron chi connectivity index (χ2n) is 25.6. The van der Waals surface area contributed by atoms with Crippen LogP contribution in [0.1, 0.15) is 432 Å². The topological polar surface area (TPSA) is 78.9 Å². The number of allylic oxidation sites excluding steroid dienone is 2. The summed E-state index contributed by atoms with van der Waals surface area (Å²) in [6.07, 6.45) is 85.5. The van der Waals surface area contributed by atoms with Crippen LogP contribution in [-0.2, 0) is 28.6 Å². The van der Waals surface area contributed by atoms with Gasteiger partial charge in [-0.05, 0) is 44.9 Å². The summed E-state index contributed by atoms with van der Waals surface area (Å²) in [5.74, 6) is -0.838.